The maximum absolute atomic E-state index is 12.4. The van der Waals surface area contributed by atoms with Crippen molar-refractivity contribution >= 4 is 38.9 Å². The molecule has 6 heteroatoms. The normalized spacial score (nSPS) is 10.6. The first kappa shape index (κ1) is 14.2. The van der Waals surface area contributed by atoms with Crippen molar-refractivity contribution in [3.8, 4) is 5.75 Å². The number of phenolic OH excluding ortho intramolecular Hbond substituents is 1. The van der Waals surface area contributed by atoms with Gasteiger partial charge in [-0.1, -0.05) is 0 Å². The van der Waals surface area contributed by atoms with Crippen LogP contribution in [-0.2, 0) is 4.79 Å². The highest BCUT2D eigenvalue weighted by atomic mass is 32.1. The standard InChI is InChI=1S/C16H12N2O3S/c1-9(19)17-11-4-2-10(3-5-11)15(21)16-18-13-7-6-12(20)8-14(13)22-16/h2-8,20H,1H3,(H,17,19). The van der Waals surface area contributed by atoms with Gasteiger partial charge in [0.25, 0.3) is 0 Å². The topological polar surface area (TPSA) is 79.3 Å². The molecule has 0 aliphatic heterocycles. The molecule has 0 fully saturated rings. The second kappa shape index (κ2) is 5.57. The zero-order valence-corrected chi connectivity index (χ0v) is 12.5. The number of anilines is 1. The van der Waals surface area contributed by atoms with Crippen LogP contribution in [0, 0.1) is 0 Å². The summed E-state index contributed by atoms with van der Waals surface area (Å²) in [4.78, 5) is 27.7. The van der Waals surface area contributed by atoms with Crippen LogP contribution < -0.4 is 5.32 Å². The molecule has 0 aliphatic carbocycles. The van der Waals surface area contributed by atoms with Crippen molar-refractivity contribution in [2.75, 3.05) is 5.32 Å². The van der Waals surface area contributed by atoms with Gasteiger partial charge in [0, 0.05) is 18.2 Å². The van der Waals surface area contributed by atoms with Crippen LogP contribution in [0.4, 0.5) is 5.69 Å². The Kier molecular flexibility index (Phi) is 3.60. The van der Waals surface area contributed by atoms with Gasteiger partial charge in [0.05, 0.1) is 10.2 Å². The van der Waals surface area contributed by atoms with E-state index in [2.05, 4.69) is 10.3 Å². The second-order valence-electron chi connectivity index (χ2n) is 4.76. The number of carbonyl (C=O) groups is 2. The number of rotatable bonds is 3. The molecule has 0 radical (unpaired) electrons. The van der Waals surface area contributed by atoms with Crippen LogP contribution in [0.3, 0.4) is 0 Å². The first-order valence-corrected chi connectivity index (χ1v) is 7.36. The van der Waals surface area contributed by atoms with Gasteiger partial charge in [0.2, 0.25) is 11.7 Å². The molecular weight excluding hydrogens is 300 g/mol. The molecule has 0 bridgehead atoms. The highest BCUT2D eigenvalue weighted by molar-refractivity contribution is 7.20. The Labute approximate surface area is 130 Å². The SMILES string of the molecule is CC(=O)Nc1ccc(C(=O)c2nc3ccc(O)cc3s2)cc1. The lowest BCUT2D eigenvalue weighted by Gasteiger charge is -2.02. The highest BCUT2D eigenvalue weighted by Crippen LogP contribution is 2.27. The molecule has 22 heavy (non-hydrogen) atoms. The lowest BCUT2D eigenvalue weighted by Crippen LogP contribution is -2.06. The first-order valence-electron chi connectivity index (χ1n) is 6.55. The van der Waals surface area contributed by atoms with Crippen molar-refractivity contribution in [2.24, 2.45) is 0 Å². The van der Waals surface area contributed by atoms with Crippen molar-refractivity contribution in [3.05, 3.63) is 53.0 Å². The van der Waals surface area contributed by atoms with Gasteiger partial charge in [-0.25, -0.2) is 4.98 Å². The number of aromatic hydroxyl groups is 1. The summed E-state index contributed by atoms with van der Waals surface area (Å²) in [5.74, 6) is -0.199. The van der Waals surface area contributed by atoms with E-state index in [9.17, 15) is 14.7 Å². The lowest BCUT2D eigenvalue weighted by molar-refractivity contribution is -0.114. The molecule has 1 amide bonds. The van der Waals surface area contributed by atoms with E-state index in [-0.39, 0.29) is 17.4 Å². The van der Waals surface area contributed by atoms with Crippen LogP contribution in [0.1, 0.15) is 22.3 Å². The highest BCUT2D eigenvalue weighted by Gasteiger charge is 2.15. The Hall–Kier alpha value is -2.73. The Morgan fingerprint density at radius 1 is 1.14 bits per heavy atom. The number of amides is 1. The number of fused-ring (bicyclic) bond motifs is 1. The van der Waals surface area contributed by atoms with Crippen molar-refractivity contribution in [1.82, 2.24) is 4.98 Å². The van der Waals surface area contributed by atoms with Crippen LogP contribution in [0.15, 0.2) is 42.5 Å². The molecule has 1 heterocycles. The Morgan fingerprint density at radius 2 is 1.86 bits per heavy atom. The van der Waals surface area contributed by atoms with E-state index in [1.54, 1.807) is 42.5 Å². The quantitative estimate of drug-likeness (QED) is 0.728. The van der Waals surface area contributed by atoms with Gasteiger partial charge in [-0.3, -0.25) is 9.59 Å². The third kappa shape index (κ3) is 2.82. The molecule has 0 aliphatic rings. The van der Waals surface area contributed by atoms with Crippen LogP contribution >= 0.6 is 11.3 Å². The number of nitrogens with one attached hydrogen (secondary N) is 1. The third-order valence-electron chi connectivity index (χ3n) is 3.03. The molecule has 0 spiro atoms. The minimum absolute atomic E-state index is 0.148. The molecule has 0 unspecified atom stereocenters. The Bertz CT molecular complexity index is 869. The largest absolute Gasteiger partial charge is 0.508 e. The van der Waals surface area contributed by atoms with E-state index in [0.29, 0.717) is 21.8 Å². The number of thiazole rings is 1. The number of ketones is 1. The number of hydrogen-bond acceptors (Lipinski definition) is 5. The third-order valence-corrected chi connectivity index (χ3v) is 4.05. The van der Waals surface area contributed by atoms with Crippen molar-refractivity contribution in [2.45, 2.75) is 6.92 Å². The van der Waals surface area contributed by atoms with Gasteiger partial charge < -0.3 is 10.4 Å². The summed E-state index contributed by atoms with van der Waals surface area (Å²) in [6.45, 7) is 1.43. The van der Waals surface area contributed by atoms with Gasteiger partial charge in [0.15, 0.2) is 5.01 Å². The number of nitrogens with zero attached hydrogens (tertiary/aromatic N) is 1. The van der Waals surface area contributed by atoms with Crippen molar-refractivity contribution < 1.29 is 14.7 Å². The number of aromatic nitrogens is 1. The first-order chi connectivity index (χ1) is 10.5. The van der Waals surface area contributed by atoms with Gasteiger partial charge in [-0.15, -0.1) is 11.3 Å². The van der Waals surface area contributed by atoms with Gasteiger partial charge in [-0.05, 0) is 42.5 Å². The van der Waals surface area contributed by atoms with Crippen LogP contribution in [0.2, 0.25) is 0 Å². The van der Waals surface area contributed by atoms with Gasteiger partial charge in [0.1, 0.15) is 5.75 Å². The molecule has 0 saturated carbocycles. The van der Waals surface area contributed by atoms with E-state index >= 15 is 0 Å². The molecule has 1 aromatic heterocycles. The predicted molar refractivity (Wildman–Crippen MR) is 85.5 cm³/mol. The fraction of sp³-hybridized carbons (Fsp3) is 0.0625. The fourth-order valence-electron chi connectivity index (χ4n) is 2.04. The number of carbonyl (C=O) groups excluding carboxylic acids is 2. The van der Waals surface area contributed by atoms with Gasteiger partial charge in [-0.2, -0.15) is 0 Å². The molecule has 110 valence electrons. The van der Waals surface area contributed by atoms with Gasteiger partial charge >= 0.3 is 0 Å². The van der Waals surface area contributed by atoms with E-state index in [0.717, 1.165) is 4.70 Å². The number of hydrogen-bond donors (Lipinski definition) is 2. The number of benzene rings is 2. The Morgan fingerprint density at radius 3 is 2.55 bits per heavy atom. The molecule has 5 nitrogen and oxygen atoms in total. The average Bonchev–Trinajstić information content (AvgIpc) is 2.89. The monoisotopic (exact) mass is 312 g/mol. The summed E-state index contributed by atoms with van der Waals surface area (Å²) in [7, 11) is 0. The van der Waals surface area contributed by atoms with Crippen LogP contribution in [-0.4, -0.2) is 21.8 Å². The average molecular weight is 312 g/mol. The summed E-state index contributed by atoms with van der Waals surface area (Å²) >= 11 is 1.24. The van der Waals surface area contributed by atoms with E-state index in [1.807, 2.05) is 0 Å². The second-order valence-corrected chi connectivity index (χ2v) is 5.79. The fourth-order valence-corrected chi connectivity index (χ4v) is 3.00. The van der Waals surface area contributed by atoms with E-state index in [1.165, 1.54) is 18.3 Å². The maximum Gasteiger partial charge on any atom is 0.221 e. The van der Waals surface area contributed by atoms with Crippen LogP contribution in [0.25, 0.3) is 10.2 Å². The summed E-state index contributed by atoms with van der Waals surface area (Å²) in [5, 5.41) is 12.5. The summed E-state index contributed by atoms with van der Waals surface area (Å²) in [6, 6.07) is 11.5. The summed E-state index contributed by atoms with van der Waals surface area (Å²) in [6.07, 6.45) is 0. The predicted octanol–water partition coefficient (Wildman–Crippen LogP) is 3.19. The summed E-state index contributed by atoms with van der Waals surface area (Å²) < 4.78 is 0.762. The Balaban J connectivity index is 1.90. The molecular formula is C16H12N2O3S. The molecule has 0 saturated heterocycles. The zero-order chi connectivity index (χ0) is 15.7. The number of phenols is 1. The molecule has 2 N–H and O–H groups in total. The van der Waals surface area contributed by atoms with Crippen LogP contribution in [0.5, 0.6) is 5.75 Å². The molecule has 3 aromatic rings. The molecule has 2 aromatic carbocycles. The van der Waals surface area contributed by atoms with Crippen molar-refractivity contribution in [3.63, 3.8) is 0 Å². The van der Waals surface area contributed by atoms with E-state index < -0.39 is 0 Å². The molecule has 3 rings (SSSR count). The zero-order valence-electron chi connectivity index (χ0n) is 11.7. The smallest absolute Gasteiger partial charge is 0.221 e. The minimum Gasteiger partial charge on any atom is -0.508 e. The maximum atomic E-state index is 12.4. The minimum atomic E-state index is -0.185. The summed E-state index contributed by atoms with van der Waals surface area (Å²) in [5.41, 5.74) is 1.82. The lowest BCUT2D eigenvalue weighted by atomic mass is 10.1. The van der Waals surface area contributed by atoms with Crippen molar-refractivity contribution in [1.29, 1.82) is 0 Å². The van der Waals surface area contributed by atoms with E-state index in [4.69, 9.17) is 0 Å². The molecule has 0 atom stereocenters.